The minimum absolute atomic E-state index is 0.0916. The smallest absolute Gasteiger partial charge is 0.258 e. The Hall–Kier alpha value is -1.20. The Bertz CT molecular complexity index is 646. The Kier molecular flexibility index (Phi) is 2.34. The van der Waals surface area contributed by atoms with E-state index in [1.807, 2.05) is 12.1 Å². The Balaban J connectivity index is 2.31. The van der Waals surface area contributed by atoms with Crippen molar-refractivity contribution >= 4 is 26.8 Å². The molecule has 3 rings (SSSR count). The monoisotopic (exact) mass is 293 g/mol. The first kappa shape index (κ1) is 10.9. The van der Waals surface area contributed by atoms with Gasteiger partial charge in [-0.1, -0.05) is 6.07 Å². The molecule has 4 nitrogen and oxygen atoms in total. The van der Waals surface area contributed by atoms with Gasteiger partial charge < -0.3 is 10.7 Å². The van der Waals surface area contributed by atoms with Crippen LogP contribution in [0.3, 0.4) is 0 Å². The van der Waals surface area contributed by atoms with E-state index in [0.717, 1.165) is 23.1 Å². The van der Waals surface area contributed by atoms with Crippen LogP contribution in [0.2, 0.25) is 0 Å². The van der Waals surface area contributed by atoms with Gasteiger partial charge in [-0.3, -0.25) is 4.79 Å². The van der Waals surface area contributed by atoms with E-state index in [2.05, 4.69) is 25.9 Å². The van der Waals surface area contributed by atoms with Gasteiger partial charge in [0.05, 0.1) is 10.9 Å². The topological polar surface area (TPSA) is 71.8 Å². The quantitative estimate of drug-likeness (QED) is 0.885. The molecule has 1 aromatic carbocycles. The van der Waals surface area contributed by atoms with Crippen LogP contribution in [0, 0.1) is 0 Å². The molecule has 0 spiro atoms. The standard InChI is InChI=1S/C12H12BrN3O/c13-8-3-1-2-7-9(8)15-11(16-10(7)17)12(6-14)4-5-12/h1-3H,4-6,14H2,(H,15,16,17). The van der Waals surface area contributed by atoms with Crippen molar-refractivity contribution in [1.82, 2.24) is 9.97 Å². The van der Waals surface area contributed by atoms with Crippen molar-refractivity contribution in [2.45, 2.75) is 18.3 Å². The Morgan fingerprint density at radius 2 is 2.24 bits per heavy atom. The molecule has 1 aliphatic carbocycles. The molecule has 0 atom stereocenters. The highest BCUT2D eigenvalue weighted by molar-refractivity contribution is 9.10. The second kappa shape index (κ2) is 3.65. The summed E-state index contributed by atoms with van der Waals surface area (Å²) in [5.74, 6) is 0.726. The number of aromatic nitrogens is 2. The minimum Gasteiger partial charge on any atom is -0.329 e. The van der Waals surface area contributed by atoms with Gasteiger partial charge in [-0.15, -0.1) is 0 Å². The lowest BCUT2D eigenvalue weighted by molar-refractivity contribution is 0.650. The predicted octanol–water partition coefficient (Wildman–Crippen LogP) is 1.68. The fourth-order valence-corrected chi connectivity index (χ4v) is 2.52. The van der Waals surface area contributed by atoms with Crippen LogP contribution in [-0.2, 0) is 5.41 Å². The number of halogens is 1. The van der Waals surface area contributed by atoms with Gasteiger partial charge in [0, 0.05) is 16.4 Å². The number of hydrogen-bond donors (Lipinski definition) is 2. The molecule has 1 aliphatic rings. The molecule has 0 amide bonds. The molecule has 1 aromatic heterocycles. The zero-order valence-corrected chi connectivity index (χ0v) is 10.8. The number of aromatic amines is 1. The van der Waals surface area contributed by atoms with E-state index in [-0.39, 0.29) is 11.0 Å². The van der Waals surface area contributed by atoms with Gasteiger partial charge in [0.1, 0.15) is 5.82 Å². The van der Waals surface area contributed by atoms with Crippen LogP contribution in [0.25, 0.3) is 10.9 Å². The predicted molar refractivity (Wildman–Crippen MR) is 70.0 cm³/mol. The summed E-state index contributed by atoms with van der Waals surface area (Å²) >= 11 is 3.43. The van der Waals surface area contributed by atoms with E-state index >= 15 is 0 Å². The van der Waals surface area contributed by atoms with Gasteiger partial charge in [0.15, 0.2) is 0 Å². The van der Waals surface area contributed by atoms with Crippen molar-refractivity contribution in [3.05, 3.63) is 38.9 Å². The largest absolute Gasteiger partial charge is 0.329 e. The number of fused-ring (bicyclic) bond motifs is 1. The van der Waals surface area contributed by atoms with Gasteiger partial charge in [0.2, 0.25) is 0 Å². The Labute approximate surface area is 106 Å². The zero-order valence-electron chi connectivity index (χ0n) is 9.16. The molecule has 0 unspecified atom stereocenters. The number of benzene rings is 1. The summed E-state index contributed by atoms with van der Waals surface area (Å²) in [5.41, 5.74) is 6.29. The number of rotatable bonds is 2. The summed E-state index contributed by atoms with van der Waals surface area (Å²) < 4.78 is 0.843. The van der Waals surface area contributed by atoms with Crippen LogP contribution in [-0.4, -0.2) is 16.5 Å². The maximum Gasteiger partial charge on any atom is 0.258 e. The third kappa shape index (κ3) is 1.61. The second-order valence-electron chi connectivity index (χ2n) is 4.53. The first-order valence-electron chi connectivity index (χ1n) is 5.55. The molecule has 0 bridgehead atoms. The molecule has 0 radical (unpaired) electrons. The number of H-pyrrole nitrogens is 1. The maximum absolute atomic E-state index is 12.0. The van der Waals surface area contributed by atoms with E-state index in [4.69, 9.17) is 5.73 Å². The molecular weight excluding hydrogens is 282 g/mol. The molecule has 1 heterocycles. The highest BCUT2D eigenvalue weighted by Gasteiger charge is 2.45. The molecule has 17 heavy (non-hydrogen) atoms. The van der Waals surface area contributed by atoms with Gasteiger partial charge >= 0.3 is 0 Å². The lowest BCUT2D eigenvalue weighted by Crippen LogP contribution is -2.26. The third-order valence-electron chi connectivity index (χ3n) is 3.43. The van der Waals surface area contributed by atoms with E-state index in [0.29, 0.717) is 17.4 Å². The molecule has 2 aromatic rings. The van der Waals surface area contributed by atoms with Crippen molar-refractivity contribution < 1.29 is 0 Å². The Morgan fingerprint density at radius 3 is 2.88 bits per heavy atom. The third-order valence-corrected chi connectivity index (χ3v) is 4.07. The molecule has 0 saturated heterocycles. The molecule has 1 saturated carbocycles. The molecule has 88 valence electrons. The summed E-state index contributed by atoms with van der Waals surface area (Å²) in [4.78, 5) is 19.4. The van der Waals surface area contributed by atoms with Crippen LogP contribution in [0.15, 0.2) is 27.5 Å². The second-order valence-corrected chi connectivity index (χ2v) is 5.39. The molecular formula is C12H12BrN3O. The molecule has 3 N–H and O–H groups in total. The molecule has 5 heteroatoms. The number of para-hydroxylation sites is 1. The van der Waals surface area contributed by atoms with Crippen molar-refractivity contribution in [1.29, 1.82) is 0 Å². The highest BCUT2D eigenvalue weighted by atomic mass is 79.9. The highest BCUT2D eigenvalue weighted by Crippen LogP contribution is 2.45. The summed E-state index contributed by atoms with van der Waals surface area (Å²) in [7, 11) is 0. The van der Waals surface area contributed by atoms with E-state index < -0.39 is 0 Å². The van der Waals surface area contributed by atoms with Crippen LogP contribution >= 0.6 is 15.9 Å². The SMILES string of the molecule is NCC1(c2nc3c(Br)cccc3c(=O)[nH]2)CC1. The fraction of sp³-hybridized carbons (Fsp3) is 0.333. The minimum atomic E-state index is -0.0946. The summed E-state index contributed by atoms with van der Waals surface area (Å²) in [6.45, 7) is 0.534. The molecule has 1 fully saturated rings. The van der Waals surface area contributed by atoms with E-state index in [1.54, 1.807) is 6.07 Å². The molecule has 0 aliphatic heterocycles. The Morgan fingerprint density at radius 1 is 1.47 bits per heavy atom. The van der Waals surface area contributed by atoms with Crippen molar-refractivity contribution in [2.24, 2.45) is 5.73 Å². The average Bonchev–Trinajstić information content (AvgIpc) is 3.11. The summed E-state index contributed by atoms with van der Waals surface area (Å²) in [5, 5.41) is 0.607. The maximum atomic E-state index is 12.0. The van der Waals surface area contributed by atoms with Crippen LogP contribution in [0.4, 0.5) is 0 Å². The number of hydrogen-bond acceptors (Lipinski definition) is 3. The summed E-state index contributed by atoms with van der Waals surface area (Å²) in [6, 6.07) is 5.50. The average molecular weight is 294 g/mol. The first-order valence-corrected chi connectivity index (χ1v) is 6.35. The summed E-state index contributed by atoms with van der Waals surface area (Å²) in [6.07, 6.45) is 2.00. The fourth-order valence-electron chi connectivity index (χ4n) is 2.07. The van der Waals surface area contributed by atoms with Crippen LogP contribution in [0.1, 0.15) is 18.7 Å². The van der Waals surface area contributed by atoms with E-state index in [9.17, 15) is 4.79 Å². The van der Waals surface area contributed by atoms with E-state index in [1.165, 1.54) is 0 Å². The number of nitrogens with one attached hydrogen (secondary N) is 1. The number of nitrogens with zero attached hydrogens (tertiary/aromatic N) is 1. The van der Waals surface area contributed by atoms with Crippen LogP contribution < -0.4 is 11.3 Å². The van der Waals surface area contributed by atoms with Crippen LogP contribution in [0.5, 0.6) is 0 Å². The van der Waals surface area contributed by atoms with Gasteiger partial charge in [-0.2, -0.15) is 0 Å². The first-order chi connectivity index (χ1) is 8.16. The van der Waals surface area contributed by atoms with Crippen molar-refractivity contribution in [3.8, 4) is 0 Å². The van der Waals surface area contributed by atoms with Gasteiger partial charge in [0.25, 0.3) is 5.56 Å². The normalized spacial score (nSPS) is 17.3. The van der Waals surface area contributed by atoms with Crippen molar-refractivity contribution in [3.63, 3.8) is 0 Å². The zero-order chi connectivity index (χ0) is 12.0. The lowest BCUT2D eigenvalue weighted by atomic mass is 10.1. The van der Waals surface area contributed by atoms with Gasteiger partial charge in [-0.05, 0) is 40.9 Å². The number of nitrogens with two attached hydrogens (primary N) is 1. The van der Waals surface area contributed by atoms with Crippen molar-refractivity contribution in [2.75, 3.05) is 6.54 Å². The lowest BCUT2D eigenvalue weighted by Gasteiger charge is -2.12. The van der Waals surface area contributed by atoms with Gasteiger partial charge in [-0.25, -0.2) is 4.98 Å².